The fraction of sp³-hybridized carbons (Fsp3) is 0.417. The van der Waals surface area contributed by atoms with Gasteiger partial charge in [-0.05, 0) is 23.8 Å². The number of imidazole rings is 1. The van der Waals surface area contributed by atoms with Gasteiger partial charge in [0.25, 0.3) is 5.91 Å². The second-order valence-electron chi connectivity index (χ2n) is 9.26. The molecule has 5 heterocycles. The smallest absolute Gasteiger partial charge is 0.251 e. The summed E-state index contributed by atoms with van der Waals surface area (Å²) >= 11 is 0. The first kappa shape index (κ1) is 18.1. The molecular weight excluding hydrogens is 374 g/mol. The monoisotopic (exact) mass is 401 g/mol. The lowest BCUT2D eigenvalue weighted by Crippen LogP contribution is -2.70. The molecule has 4 saturated heterocycles. The Morgan fingerprint density at radius 1 is 1.07 bits per heavy atom. The Kier molecular flexibility index (Phi) is 4.01. The molecule has 6 heteroatoms. The lowest BCUT2D eigenvalue weighted by molar-refractivity contribution is 0.0180. The number of piperidine rings is 2. The van der Waals surface area contributed by atoms with Crippen molar-refractivity contribution in [2.75, 3.05) is 39.3 Å². The van der Waals surface area contributed by atoms with Crippen LogP contribution in [0.25, 0.3) is 11.0 Å². The van der Waals surface area contributed by atoms with E-state index in [1.165, 1.54) is 5.56 Å². The summed E-state index contributed by atoms with van der Waals surface area (Å²) in [7, 11) is 1.97. The number of hydrogen-bond acceptors (Lipinski definition) is 4. The third-order valence-electron chi connectivity index (χ3n) is 7.42. The molecule has 0 radical (unpaired) electrons. The summed E-state index contributed by atoms with van der Waals surface area (Å²) in [6, 6.07) is 16.8. The highest BCUT2D eigenvalue weighted by Gasteiger charge is 2.55. The van der Waals surface area contributed by atoms with Crippen molar-refractivity contribution in [3.05, 3.63) is 66.0 Å². The Labute approximate surface area is 176 Å². The van der Waals surface area contributed by atoms with E-state index in [1.54, 1.807) is 6.33 Å². The van der Waals surface area contributed by atoms with Crippen LogP contribution in [0, 0.1) is 5.92 Å². The fourth-order valence-corrected chi connectivity index (χ4v) is 6.07. The van der Waals surface area contributed by atoms with E-state index in [0.717, 1.165) is 50.3 Å². The molecular formula is C24H27N5O. The van der Waals surface area contributed by atoms with Gasteiger partial charge in [0.05, 0.1) is 17.4 Å². The molecule has 0 spiro atoms. The highest BCUT2D eigenvalue weighted by molar-refractivity contribution is 5.97. The summed E-state index contributed by atoms with van der Waals surface area (Å²) in [5.41, 5.74) is 3.87. The zero-order valence-corrected chi connectivity index (χ0v) is 17.3. The van der Waals surface area contributed by atoms with Crippen molar-refractivity contribution in [3.8, 4) is 0 Å². The number of carbonyl (C=O) groups excluding carboxylic acids is 1. The minimum atomic E-state index is -0.0658. The fourth-order valence-electron chi connectivity index (χ4n) is 6.07. The van der Waals surface area contributed by atoms with Gasteiger partial charge in [-0.15, -0.1) is 0 Å². The minimum Gasteiger partial charge on any atom is -0.348 e. The van der Waals surface area contributed by atoms with Crippen LogP contribution >= 0.6 is 0 Å². The van der Waals surface area contributed by atoms with E-state index in [9.17, 15) is 4.79 Å². The Morgan fingerprint density at radius 3 is 2.53 bits per heavy atom. The maximum Gasteiger partial charge on any atom is 0.251 e. The standard InChI is InChI=1S/C24H27N5O/c1-27-16-25-20-11-17(7-8-21(20)27)23(30)26-22-18-12-28-9-10-29(13-18)15-24(22,14-28)19-5-3-2-4-6-19/h2-8,11,16,18,22H,9-10,12-15H2,1H3,(H,26,30). The van der Waals surface area contributed by atoms with E-state index in [4.69, 9.17) is 0 Å². The zero-order valence-electron chi connectivity index (χ0n) is 17.3. The van der Waals surface area contributed by atoms with Crippen molar-refractivity contribution in [1.82, 2.24) is 24.7 Å². The van der Waals surface area contributed by atoms with Gasteiger partial charge in [-0.3, -0.25) is 4.79 Å². The molecule has 4 fully saturated rings. The molecule has 7 rings (SSSR count). The Balaban J connectivity index is 1.37. The van der Waals surface area contributed by atoms with E-state index in [-0.39, 0.29) is 17.4 Å². The van der Waals surface area contributed by atoms with Gasteiger partial charge in [-0.2, -0.15) is 0 Å². The molecule has 3 atom stereocenters. The minimum absolute atomic E-state index is 0.0130. The lowest BCUT2D eigenvalue weighted by atomic mass is 9.64. The third kappa shape index (κ3) is 2.71. The van der Waals surface area contributed by atoms with E-state index in [2.05, 4.69) is 50.4 Å². The lowest BCUT2D eigenvalue weighted by Gasteiger charge is -2.55. The van der Waals surface area contributed by atoms with Gasteiger partial charge >= 0.3 is 0 Å². The molecule has 1 aromatic heterocycles. The van der Waals surface area contributed by atoms with Gasteiger partial charge in [-0.25, -0.2) is 4.98 Å². The molecule has 2 aromatic carbocycles. The van der Waals surface area contributed by atoms with Crippen LogP contribution in [0.2, 0.25) is 0 Å². The summed E-state index contributed by atoms with van der Waals surface area (Å²) in [5.74, 6) is 0.455. The molecule has 6 nitrogen and oxygen atoms in total. The molecule has 4 aliphatic rings. The topological polar surface area (TPSA) is 53.4 Å². The van der Waals surface area contributed by atoms with Crippen LogP contribution in [0.4, 0.5) is 0 Å². The first-order valence-electron chi connectivity index (χ1n) is 10.8. The molecule has 30 heavy (non-hydrogen) atoms. The normalized spacial score (nSPS) is 32.3. The second-order valence-corrected chi connectivity index (χ2v) is 9.26. The van der Waals surface area contributed by atoms with Crippen LogP contribution in [0.15, 0.2) is 54.9 Å². The van der Waals surface area contributed by atoms with E-state index < -0.39 is 0 Å². The third-order valence-corrected chi connectivity index (χ3v) is 7.42. The number of aryl methyl sites for hydroxylation is 1. The summed E-state index contributed by atoms with van der Waals surface area (Å²) in [5, 5.41) is 3.49. The van der Waals surface area contributed by atoms with Gasteiger partial charge in [0.15, 0.2) is 0 Å². The van der Waals surface area contributed by atoms with Gasteiger partial charge in [0.2, 0.25) is 0 Å². The molecule has 4 aliphatic heterocycles. The van der Waals surface area contributed by atoms with Gasteiger partial charge < -0.3 is 19.7 Å². The van der Waals surface area contributed by atoms with Crippen molar-refractivity contribution in [3.63, 3.8) is 0 Å². The summed E-state index contributed by atoms with van der Waals surface area (Å²) in [6.07, 6.45) is 1.79. The Bertz CT molecular complexity index is 1090. The molecule has 0 saturated carbocycles. The maximum absolute atomic E-state index is 13.4. The van der Waals surface area contributed by atoms with E-state index in [0.29, 0.717) is 11.5 Å². The molecule has 1 amide bonds. The molecule has 3 aromatic rings. The number of fused-ring (bicyclic) bond motifs is 2. The number of aromatic nitrogens is 2. The molecule has 0 aliphatic carbocycles. The van der Waals surface area contributed by atoms with Crippen molar-refractivity contribution in [2.45, 2.75) is 11.5 Å². The van der Waals surface area contributed by atoms with E-state index in [1.807, 2.05) is 29.8 Å². The van der Waals surface area contributed by atoms with E-state index >= 15 is 0 Å². The maximum atomic E-state index is 13.4. The average Bonchev–Trinajstić information content (AvgIpc) is 2.95. The number of carbonyl (C=O) groups is 1. The molecule has 3 unspecified atom stereocenters. The number of benzene rings is 2. The summed E-state index contributed by atoms with van der Waals surface area (Å²) in [6.45, 7) is 6.40. The Morgan fingerprint density at radius 2 is 1.80 bits per heavy atom. The molecule has 4 bridgehead atoms. The number of rotatable bonds is 3. The van der Waals surface area contributed by atoms with Crippen LogP contribution < -0.4 is 5.32 Å². The van der Waals surface area contributed by atoms with Crippen molar-refractivity contribution >= 4 is 16.9 Å². The van der Waals surface area contributed by atoms with Crippen LogP contribution in [-0.2, 0) is 12.5 Å². The quantitative estimate of drug-likeness (QED) is 0.728. The molecule has 1 N–H and O–H groups in total. The van der Waals surface area contributed by atoms with Gasteiger partial charge in [-0.1, -0.05) is 30.3 Å². The largest absolute Gasteiger partial charge is 0.348 e. The summed E-state index contributed by atoms with van der Waals surface area (Å²) < 4.78 is 1.98. The average molecular weight is 402 g/mol. The van der Waals surface area contributed by atoms with Crippen LogP contribution in [0.5, 0.6) is 0 Å². The second kappa shape index (κ2) is 6.65. The van der Waals surface area contributed by atoms with Crippen molar-refractivity contribution < 1.29 is 4.79 Å². The van der Waals surface area contributed by atoms with Crippen LogP contribution in [-0.4, -0.2) is 70.6 Å². The van der Waals surface area contributed by atoms with Gasteiger partial charge in [0, 0.05) is 69.3 Å². The first-order valence-corrected chi connectivity index (χ1v) is 10.8. The van der Waals surface area contributed by atoms with Crippen LogP contribution in [0.1, 0.15) is 15.9 Å². The number of hydrogen-bond donors (Lipinski definition) is 1. The predicted octanol–water partition coefficient (Wildman–Crippen LogP) is 1.87. The zero-order chi connectivity index (χ0) is 20.3. The summed E-state index contributed by atoms with van der Waals surface area (Å²) in [4.78, 5) is 23.0. The SMILES string of the molecule is Cn1cnc2cc(C(=O)NC3C4CN5CCN(C4)CC3(c3ccccc3)C5)ccc21. The number of amides is 1. The first-order chi connectivity index (χ1) is 14.6. The van der Waals surface area contributed by atoms with Crippen molar-refractivity contribution in [2.24, 2.45) is 13.0 Å². The number of nitrogens with zero attached hydrogens (tertiary/aromatic N) is 4. The van der Waals surface area contributed by atoms with Crippen LogP contribution in [0.3, 0.4) is 0 Å². The predicted molar refractivity (Wildman–Crippen MR) is 116 cm³/mol. The number of nitrogens with one attached hydrogen (secondary N) is 1. The highest BCUT2D eigenvalue weighted by Crippen LogP contribution is 2.43. The highest BCUT2D eigenvalue weighted by atomic mass is 16.1. The van der Waals surface area contributed by atoms with Gasteiger partial charge in [0.1, 0.15) is 0 Å². The van der Waals surface area contributed by atoms with Crippen molar-refractivity contribution in [1.29, 1.82) is 0 Å². The molecule has 154 valence electrons. The Hall–Kier alpha value is -2.70.